The molecule has 3 rings (SSSR count). The van der Waals surface area contributed by atoms with Crippen molar-refractivity contribution in [3.05, 3.63) is 87.9 Å². The van der Waals surface area contributed by atoms with Crippen LogP contribution in [0.2, 0.25) is 0 Å². The predicted molar refractivity (Wildman–Crippen MR) is 97.9 cm³/mol. The van der Waals surface area contributed by atoms with Gasteiger partial charge in [-0.1, -0.05) is 30.3 Å². The van der Waals surface area contributed by atoms with Gasteiger partial charge in [-0.3, -0.25) is 14.9 Å². The van der Waals surface area contributed by atoms with E-state index in [0.717, 1.165) is 12.1 Å². The Morgan fingerprint density at radius 1 is 1.21 bits per heavy atom. The molecule has 0 bridgehead atoms. The van der Waals surface area contributed by atoms with Crippen LogP contribution >= 0.6 is 0 Å². The molecule has 0 aliphatic carbocycles. The summed E-state index contributed by atoms with van der Waals surface area (Å²) in [7, 11) is 0. The number of carbonyl (C=O) groups is 1. The number of nitro benzene ring substituents is 1. The van der Waals surface area contributed by atoms with E-state index in [2.05, 4.69) is 10.5 Å². The second-order valence-electron chi connectivity index (χ2n) is 5.67. The molecule has 1 amide bonds. The van der Waals surface area contributed by atoms with Gasteiger partial charge in [-0.15, -0.1) is 0 Å². The lowest BCUT2D eigenvalue weighted by Crippen LogP contribution is -2.25. The molecule has 142 valence electrons. The molecule has 8 nitrogen and oxygen atoms in total. The third kappa shape index (κ3) is 4.27. The molecule has 0 radical (unpaired) electrons. The van der Waals surface area contributed by atoms with Gasteiger partial charge in [0.15, 0.2) is 6.10 Å². The molecule has 0 aliphatic rings. The van der Waals surface area contributed by atoms with E-state index in [1.54, 1.807) is 30.3 Å². The maximum Gasteiger partial charge on any atom is 0.283 e. The first-order valence-electron chi connectivity index (χ1n) is 8.06. The Balaban J connectivity index is 1.70. The number of nitro groups is 1. The van der Waals surface area contributed by atoms with E-state index in [0.29, 0.717) is 5.56 Å². The van der Waals surface area contributed by atoms with Crippen molar-refractivity contribution in [1.29, 1.82) is 0 Å². The fraction of sp³-hybridized carbons (Fsp3) is 0.0526. The van der Waals surface area contributed by atoms with E-state index in [4.69, 9.17) is 4.42 Å². The number of hydrogen-bond acceptors (Lipinski definition) is 6. The van der Waals surface area contributed by atoms with E-state index < -0.39 is 28.4 Å². The molecule has 0 aliphatic heterocycles. The van der Waals surface area contributed by atoms with Crippen LogP contribution in [0.3, 0.4) is 0 Å². The Hall–Kier alpha value is -3.85. The second-order valence-corrected chi connectivity index (χ2v) is 5.67. The molecule has 1 heterocycles. The summed E-state index contributed by atoms with van der Waals surface area (Å²) in [4.78, 5) is 22.3. The van der Waals surface area contributed by atoms with Gasteiger partial charge in [0.05, 0.1) is 22.8 Å². The lowest BCUT2D eigenvalue weighted by Gasteiger charge is -2.08. The average Bonchev–Trinajstić information content (AvgIpc) is 3.16. The quantitative estimate of drug-likeness (QED) is 0.385. The summed E-state index contributed by atoms with van der Waals surface area (Å²) in [5.74, 6) is -1.13. The Morgan fingerprint density at radius 3 is 2.68 bits per heavy atom. The summed E-state index contributed by atoms with van der Waals surface area (Å²) in [6.45, 7) is 0. The predicted octanol–water partition coefficient (Wildman–Crippen LogP) is 3.18. The molecule has 1 atom stereocenters. The third-order valence-electron chi connectivity index (χ3n) is 3.78. The third-order valence-corrected chi connectivity index (χ3v) is 3.78. The monoisotopic (exact) mass is 383 g/mol. The molecule has 0 fully saturated rings. The van der Waals surface area contributed by atoms with E-state index in [1.165, 1.54) is 24.4 Å². The first kappa shape index (κ1) is 18.9. The summed E-state index contributed by atoms with van der Waals surface area (Å²) in [5, 5.41) is 24.7. The minimum atomic E-state index is -1.38. The van der Waals surface area contributed by atoms with Crippen molar-refractivity contribution in [2.75, 3.05) is 0 Å². The minimum Gasteiger partial charge on any atom is -0.455 e. The Labute approximate surface area is 158 Å². The fourth-order valence-electron chi connectivity index (χ4n) is 2.44. The molecule has 9 heteroatoms. The summed E-state index contributed by atoms with van der Waals surface area (Å²) < 4.78 is 18.7. The van der Waals surface area contributed by atoms with Crippen molar-refractivity contribution in [2.24, 2.45) is 5.10 Å². The van der Waals surface area contributed by atoms with Crippen molar-refractivity contribution in [2.45, 2.75) is 6.10 Å². The molecule has 0 spiro atoms. The fourth-order valence-corrected chi connectivity index (χ4v) is 2.44. The van der Waals surface area contributed by atoms with E-state index in [-0.39, 0.29) is 17.1 Å². The van der Waals surface area contributed by atoms with Crippen molar-refractivity contribution in [3.8, 4) is 11.3 Å². The minimum absolute atomic E-state index is 0.106. The molecule has 0 saturated carbocycles. The van der Waals surface area contributed by atoms with Gasteiger partial charge in [-0.25, -0.2) is 9.82 Å². The van der Waals surface area contributed by atoms with E-state index in [1.807, 2.05) is 0 Å². The largest absolute Gasteiger partial charge is 0.455 e. The molecular weight excluding hydrogens is 369 g/mol. The van der Waals surface area contributed by atoms with Gasteiger partial charge >= 0.3 is 0 Å². The number of aliphatic hydroxyl groups is 1. The standard InChI is InChI=1S/C19H14FN3O5/c20-13-6-8-15(16(10-13)23(26)27)17-9-7-14(28-17)11-21-22-19(25)18(24)12-4-2-1-3-5-12/h1-11,18,24H,(H,22,25)/b21-11+. The Bertz CT molecular complexity index is 1030. The summed E-state index contributed by atoms with van der Waals surface area (Å²) in [6, 6.07) is 14.4. The van der Waals surface area contributed by atoms with Crippen molar-refractivity contribution < 1.29 is 23.6 Å². The maximum atomic E-state index is 13.2. The highest BCUT2D eigenvalue weighted by atomic mass is 19.1. The van der Waals surface area contributed by atoms with Crippen molar-refractivity contribution >= 4 is 17.8 Å². The average molecular weight is 383 g/mol. The van der Waals surface area contributed by atoms with Gasteiger partial charge in [-0.05, 0) is 29.8 Å². The van der Waals surface area contributed by atoms with E-state index >= 15 is 0 Å². The number of amides is 1. The van der Waals surface area contributed by atoms with Crippen LogP contribution in [0.5, 0.6) is 0 Å². The number of furan rings is 1. The molecule has 2 N–H and O–H groups in total. The molecule has 28 heavy (non-hydrogen) atoms. The van der Waals surface area contributed by atoms with Gasteiger partial charge in [-0.2, -0.15) is 5.10 Å². The number of carbonyl (C=O) groups excluding carboxylic acids is 1. The number of halogens is 1. The highest BCUT2D eigenvalue weighted by molar-refractivity contribution is 5.84. The van der Waals surface area contributed by atoms with Gasteiger partial charge in [0.1, 0.15) is 17.3 Å². The molecule has 2 aromatic carbocycles. The van der Waals surface area contributed by atoms with Crippen LogP contribution in [-0.4, -0.2) is 22.2 Å². The smallest absolute Gasteiger partial charge is 0.283 e. The number of aliphatic hydroxyl groups excluding tert-OH is 1. The summed E-state index contributed by atoms with van der Waals surface area (Å²) in [6.07, 6.45) is -0.207. The lowest BCUT2D eigenvalue weighted by molar-refractivity contribution is -0.384. The SMILES string of the molecule is O=C(N/N=C/c1ccc(-c2ccc(F)cc2[N+](=O)[O-])o1)C(O)c1ccccc1. The number of benzene rings is 2. The highest BCUT2D eigenvalue weighted by Crippen LogP contribution is 2.31. The first-order valence-corrected chi connectivity index (χ1v) is 8.06. The number of rotatable bonds is 6. The number of hydrazone groups is 1. The van der Waals surface area contributed by atoms with Crippen molar-refractivity contribution in [1.82, 2.24) is 5.43 Å². The normalized spacial score (nSPS) is 12.1. The number of hydrogen-bond donors (Lipinski definition) is 2. The lowest BCUT2D eigenvalue weighted by atomic mass is 10.1. The second kappa shape index (κ2) is 8.23. The van der Waals surface area contributed by atoms with Crippen LogP contribution in [0.4, 0.5) is 10.1 Å². The summed E-state index contributed by atoms with van der Waals surface area (Å²) in [5.41, 5.74) is 2.27. The zero-order valence-corrected chi connectivity index (χ0v) is 14.3. The summed E-state index contributed by atoms with van der Waals surface area (Å²) >= 11 is 0. The zero-order valence-electron chi connectivity index (χ0n) is 14.3. The van der Waals surface area contributed by atoms with Crippen molar-refractivity contribution in [3.63, 3.8) is 0 Å². The Morgan fingerprint density at radius 2 is 1.96 bits per heavy atom. The number of nitrogens with zero attached hydrogens (tertiary/aromatic N) is 2. The maximum absolute atomic E-state index is 13.2. The molecule has 1 aromatic heterocycles. The van der Waals surface area contributed by atoms with Gasteiger partial charge in [0, 0.05) is 0 Å². The zero-order chi connectivity index (χ0) is 20.1. The Kier molecular flexibility index (Phi) is 5.56. The highest BCUT2D eigenvalue weighted by Gasteiger charge is 2.19. The molecular formula is C19H14FN3O5. The first-order chi connectivity index (χ1) is 13.5. The van der Waals surface area contributed by atoms with Crippen LogP contribution in [0.1, 0.15) is 17.4 Å². The molecule has 3 aromatic rings. The molecule has 0 saturated heterocycles. The van der Waals surface area contributed by atoms with Gasteiger partial charge < -0.3 is 9.52 Å². The van der Waals surface area contributed by atoms with Crippen LogP contribution in [0.25, 0.3) is 11.3 Å². The van der Waals surface area contributed by atoms with Crippen LogP contribution in [0, 0.1) is 15.9 Å². The van der Waals surface area contributed by atoms with E-state index in [9.17, 15) is 24.4 Å². The number of nitrogens with one attached hydrogen (secondary N) is 1. The topological polar surface area (TPSA) is 118 Å². The van der Waals surface area contributed by atoms with Gasteiger partial charge in [0.25, 0.3) is 11.6 Å². The van der Waals surface area contributed by atoms with Crippen LogP contribution < -0.4 is 5.43 Å². The van der Waals surface area contributed by atoms with Crippen LogP contribution in [-0.2, 0) is 4.79 Å². The van der Waals surface area contributed by atoms with Gasteiger partial charge in [0.2, 0.25) is 0 Å². The van der Waals surface area contributed by atoms with Crippen LogP contribution in [0.15, 0.2) is 70.2 Å². The molecule has 1 unspecified atom stereocenters.